The molecule has 6 nitrogen and oxygen atoms in total. The summed E-state index contributed by atoms with van der Waals surface area (Å²) >= 11 is 3.16. The molecule has 0 fully saturated rings. The Kier molecular flexibility index (Phi) is 6.64. The molecule has 30 heavy (non-hydrogen) atoms. The molecule has 0 radical (unpaired) electrons. The third-order valence-corrected chi connectivity index (χ3v) is 6.53. The highest BCUT2D eigenvalue weighted by atomic mass is 32.2. The van der Waals surface area contributed by atoms with Gasteiger partial charge < -0.3 is 4.74 Å². The largest absolute Gasteiger partial charge is 0.447 e. The number of amides is 1. The van der Waals surface area contributed by atoms with Crippen molar-refractivity contribution >= 4 is 34.7 Å². The summed E-state index contributed by atoms with van der Waals surface area (Å²) in [4.78, 5) is 19.0. The second kappa shape index (κ2) is 9.57. The fourth-order valence-electron chi connectivity index (χ4n) is 3.44. The van der Waals surface area contributed by atoms with Gasteiger partial charge in [-0.05, 0) is 29.3 Å². The molecule has 0 bridgehead atoms. The Hall–Kier alpha value is -2.45. The number of benzene rings is 1. The van der Waals surface area contributed by atoms with Gasteiger partial charge in [0.15, 0.2) is 5.69 Å². The van der Waals surface area contributed by atoms with Crippen LogP contribution in [0, 0.1) is 0 Å². The van der Waals surface area contributed by atoms with Crippen molar-refractivity contribution in [1.82, 2.24) is 15.2 Å². The average molecular weight is 441 g/mol. The van der Waals surface area contributed by atoms with Crippen LogP contribution in [0.1, 0.15) is 51.3 Å². The maximum absolute atomic E-state index is 12.7. The molecule has 1 aliphatic heterocycles. The average Bonchev–Trinajstić information content (AvgIpc) is 3.24. The van der Waals surface area contributed by atoms with E-state index in [1.54, 1.807) is 34.9 Å². The van der Waals surface area contributed by atoms with Crippen LogP contribution >= 0.6 is 23.1 Å². The summed E-state index contributed by atoms with van der Waals surface area (Å²) in [7, 11) is 0. The number of anilines is 1. The minimum absolute atomic E-state index is 0.107. The Morgan fingerprint density at radius 1 is 1.20 bits per heavy atom. The van der Waals surface area contributed by atoms with E-state index in [2.05, 4.69) is 22.1 Å². The second-order valence-corrected chi connectivity index (χ2v) is 8.93. The first-order valence-corrected chi connectivity index (χ1v) is 12.1. The Balaban J connectivity index is 1.71. The van der Waals surface area contributed by atoms with Gasteiger partial charge in [-0.1, -0.05) is 56.1 Å². The highest BCUT2D eigenvalue weighted by Gasteiger charge is 2.34. The molecule has 0 saturated heterocycles. The molecule has 2 aromatic heterocycles. The highest BCUT2D eigenvalue weighted by Crippen LogP contribution is 2.43. The topological polar surface area (TPSA) is 68.2 Å². The smallest absolute Gasteiger partial charge is 0.247 e. The number of hydrogen-bond acceptors (Lipinski definition) is 7. The monoisotopic (exact) mass is 440 g/mol. The van der Waals surface area contributed by atoms with Gasteiger partial charge in [0.25, 0.3) is 0 Å². The lowest BCUT2D eigenvalue weighted by Gasteiger charge is -2.29. The van der Waals surface area contributed by atoms with Crippen molar-refractivity contribution in [3.8, 4) is 17.1 Å². The summed E-state index contributed by atoms with van der Waals surface area (Å²) < 4.78 is 6.33. The van der Waals surface area contributed by atoms with Crippen molar-refractivity contribution in [2.45, 2.75) is 50.9 Å². The molecular weight excluding hydrogens is 416 g/mol. The Labute approximate surface area is 184 Å². The quantitative estimate of drug-likeness (QED) is 0.346. The third kappa shape index (κ3) is 4.34. The van der Waals surface area contributed by atoms with Crippen LogP contribution < -0.4 is 9.64 Å². The van der Waals surface area contributed by atoms with E-state index >= 15 is 0 Å². The number of thiophene rings is 1. The standard InChI is InChI=1S/C22H24N4O2S2/c1-3-4-5-8-12-30-22-23-20-19(24-25-22)17-9-6-7-10-18(17)26(15(2)27)21(28-20)16-11-13-29-14-16/h6-7,9-11,13-14,21H,3-5,8,12H2,1-2H3. The Morgan fingerprint density at radius 3 is 2.83 bits per heavy atom. The number of hydrogen-bond donors (Lipinski definition) is 0. The molecule has 8 heteroatoms. The van der Waals surface area contributed by atoms with Crippen molar-refractivity contribution in [2.24, 2.45) is 0 Å². The number of thioether (sulfide) groups is 1. The van der Waals surface area contributed by atoms with Crippen LogP contribution in [0.25, 0.3) is 11.3 Å². The van der Waals surface area contributed by atoms with Gasteiger partial charge in [-0.15, -0.1) is 10.2 Å². The lowest BCUT2D eigenvalue weighted by Crippen LogP contribution is -2.35. The van der Waals surface area contributed by atoms with E-state index in [4.69, 9.17) is 4.74 Å². The van der Waals surface area contributed by atoms with Crippen molar-refractivity contribution in [1.29, 1.82) is 0 Å². The molecule has 156 valence electrons. The SMILES string of the molecule is CCCCCCSc1nnc2c(n1)OC(c1ccsc1)N(C(C)=O)c1ccccc1-2. The van der Waals surface area contributed by atoms with Crippen LogP contribution in [0.4, 0.5) is 5.69 Å². The van der Waals surface area contributed by atoms with Crippen molar-refractivity contribution in [2.75, 3.05) is 10.7 Å². The van der Waals surface area contributed by atoms with Crippen LogP contribution in [0.15, 0.2) is 46.2 Å². The first kappa shape index (κ1) is 20.8. The molecule has 3 heterocycles. The molecule has 1 unspecified atom stereocenters. The van der Waals surface area contributed by atoms with Crippen LogP contribution in [-0.2, 0) is 4.79 Å². The summed E-state index contributed by atoms with van der Waals surface area (Å²) in [5.41, 5.74) is 3.01. The molecule has 4 rings (SSSR count). The van der Waals surface area contributed by atoms with E-state index < -0.39 is 6.23 Å². The summed E-state index contributed by atoms with van der Waals surface area (Å²) in [6.45, 7) is 3.75. The Morgan fingerprint density at radius 2 is 2.07 bits per heavy atom. The van der Waals surface area contributed by atoms with Gasteiger partial charge in [-0.2, -0.15) is 16.3 Å². The van der Waals surface area contributed by atoms with E-state index in [1.165, 1.54) is 19.3 Å². The predicted octanol–water partition coefficient (Wildman–Crippen LogP) is 5.72. The molecular formula is C22H24N4O2S2. The van der Waals surface area contributed by atoms with Crippen LogP contribution in [0.5, 0.6) is 5.88 Å². The lowest BCUT2D eigenvalue weighted by molar-refractivity contribution is -0.118. The summed E-state index contributed by atoms with van der Waals surface area (Å²) in [5, 5.41) is 13.3. The van der Waals surface area contributed by atoms with Gasteiger partial charge in [0.05, 0.1) is 5.69 Å². The van der Waals surface area contributed by atoms with Crippen LogP contribution in [0.2, 0.25) is 0 Å². The normalized spacial score (nSPS) is 15.1. The number of carbonyl (C=O) groups is 1. The zero-order chi connectivity index (χ0) is 20.9. The maximum Gasteiger partial charge on any atom is 0.247 e. The lowest BCUT2D eigenvalue weighted by atomic mass is 10.1. The van der Waals surface area contributed by atoms with Gasteiger partial charge >= 0.3 is 0 Å². The van der Waals surface area contributed by atoms with E-state index in [0.717, 1.165) is 29.0 Å². The molecule has 0 spiro atoms. The fraction of sp³-hybridized carbons (Fsp3) is 0.364. The van der Waals surface area contributed by atoms with E-state index in [9.17, 15) is 4.79 Å². The number of carbonyl (C=O) groups excluding carboxylic acids is 1. The molecule has 1 amide bonds. The summed E-state index contributed by atoms with van der Waals surface area (Å²) in [6.07, 6.45) is 4.19. The van der Waals surface area contributed by atoms with Crippen LogP contribution in [-0.4, -0.2) is 26.8 Å². The van der Waals surface area contributed by atoms with Gasteiger partial charge in [-0.25, -0.2) is 0 Å². The number of aromatic nitrogens is 3. The summed E-state index contributed by atoms with van der Waals surface area (Å²) in [5.74, 6) is 1.25. The van der Waals surface area contributed by atoms with E-state index in [0.29, 0.717) is 16.7 Å². The molecule has 0 aliphatic carbocycles. The Bertz CT molecular complexity index is 1010. The summed E-state index contributed by atoms with van der Waals surface area (Å²) in [6, 6.07) is 9.64. The number of fused-ring (bicyclic) bond motifs is 3. The number of rotatable bonds is 7. The molecule has 1 aliphatic rings. The second-order valence-electron chi connectivity index (χ2n) is 7.09. The van der Waals surface area contributed by atoms with E-state index in [1.807, 2.05) is 41.1 Å². The van der Waals surface area contributed by atoms with Crippen LogP contribution in [0.3, 0.4) is 0 Å². The molecule has 1 atom stereocenters. The van der Waals surface area contributed by atoms with Crippen molar-refractivity contribution in [3.63, 3.8) is 0 Å². The zero-order valence-corrected chi connectivity index (χ0v) is 18.7. The first-order chi connectivity index (χ1) is 14.7. The van der Waals surface area contributed by atoms with Gasteiger partial charge in [-0.3, -0.25) is 9.69 Å². The number of para-hydroxylation sites is 1. The van der Waals surface area contributed by atoms with Gasteiger partial charge in [0.1, 0.15) is 0 Å². The highest BCUT2D eigenvalue weighted by molar-refractivity contribution is 7.99. The number of ether oxygens (including phenoxy) is 1. The van der Waals surface area contributed by atoms with Gasteiger partial charge in [0, 0.05) is 23.8 Å². The fourth-order valence-corrected chi connectivity index (χ4v) is 4.88. The molecule has 0 N–H and O–H groups in total. The van der Waals surface area contributed by atoms with Crippen molar-refractivity contribution < 1.29 is 9.53 Å². The minimum Gasteiger partial charge on any atom is -0.447 e. The number of nitrogens with zero attached hydrogens (tertiary/aromatic N) is 4. The predicted molar refractivity (Wildman–Crippen MR) is 121 cm³/mol. The molecule has 3 aromatic rings. The van der Waals surface area contributed by atoms with Gasteiger partial charge in [0.2, 0.25) is 23.2 Å². The zero-order valence-electron chi connectivity index (χ0n) is 17.1. The number of unbranched alkanes of at least 4 members (excludes halogenated alkanes) is 3. The minimum atomic E-state index is -0.602. The van der Waals surface area contributed by atoms with Crippen molar-refractivity contribution in [3.05, 3.63) is 46.7 Å². The molecule has 1 aromatic carbocycles. The van der Waals surface area contributed by atoms with E-state index in [-0.39, 0.29) is 5.91 Å². The maximum atomic E-state index is 12.7. The molecule has 0 saturated carbocycles. The third-order valence-electron chi connectivity index (χ3n) is 4.91. The first-order valence-electron chi connectivity index (χ1n) is 10.1.